The summed E-state index contributed by atoms with van der Waals surface area (Å²) in [6, 6.07) is 5.21. The highest BCUT2D eigenvalue weighted by molar-refractivity contribution is 9.10. The Morgan fingerprint density at radius 3 is 2.71 bits per heavy atom. The van der Waals surface area contributed by atoms with E-state index in [0.717, 1.165) is 10.2 Å². The lowest BCUT2D eigenvalue weighted by Crippen LogP contribution is -2.26. The molecule has 92 valence electrons. The normalized spacial score (nSPS) is 14.8. The van der Waals surface area contributed by atoms with Gasteiger partial charge in [0.05, 0.1) is 35.7 Å². The summed E-state index contributed by atoms with van der Waals surface area (Å²) in [5.74, 6) is 1.51. The van der Waals surface area contributed by atoms with Gasteiger partial charge in [-0.15, -0.1) is 0 Å². The number of nitrogens with one attached hydrogen (secondary N) is 1. The Hall–Kier alpha value is -1.04. The molecular weight excluding hydrogens is 286 g/mol. The van der Waals surface area contributed by atoms with Crippen molar-refractivity contribution < 1.29 is 13.9 Å². The average molecular weight is 300 g/mol. The Balaban J connectivity index is 2.07. The zero-order valence-electron chi connectivity index (χ0n) is 9.39. The molecule has 4 nitrogen and oxygen atoms in total. The SMILES string of the molecule is CC(NC(CO)c1ccco1)c1occc1Br. The third-order valence-corrected chi connectivity index (χ3v) is 3.21. The summed E-state index contributed by atoms with van der Waals surface area (Å²) in [7, 11) is 0. The van der Waals surface area contributed by atoms with Crippen LogP contribution in [0.1, 0.15) is 30.5 Å². The van der Waals surface area contributed by atoms with E-state index in [1.54, 1.807) is 18.6 Å². The standard InChI is InChI=1S/C12H14BrNO3/c1-8(12-9(13)4-6-17-12)14-10(7-15)11-3-2-5-16-11/h2-6,8,10,14-15H,7H2,1H3. The molecule has 0 fully saturated rings. The van der Waals surface area contributed by atoms with Gasteiger partial charge in [-0.1, -0.05) is 0 Å². The van der Waals surface area contributed by atoms with Crippen LogP contribution >= 0.6 is 15.9 Å². The Kier molecular flexibility index (Phi) is 4.04. The van der Waals surface area contributed by atoms with Crippen molar-refractivity contribution in [2.45, 2.75) is 19.0 Å². The molecular formula is C12H14BrNO3. The average Bonchev–Trinajstić information content (AvgIpc) is 2.96. The van der Waals surface area contributed by atoms with E-state index in [4.69, 9.17) is 8.83 Å². The quantitative estimate of drug-likeness (QED) is 0.891. The van der Waals surface area contributed by atoms with Crippen molar-refractivity contribution >= 4 is 15.9 Å². The van der Waals surface area contributed by atoms with Crippen molar-refractivity contribution in [2.24, 2.45) is 0 Å². The summed E-state index contributed by atoms with van der Waals surface area (Å²) in [4.78, 5) is 0. The first-order chi connectivity index (χ1) is 8.22. The van der Waals surface area contributed by atoms with Gasteiger partial charge >= 0.3 is 0 Å². The lowest BCUT2D eigenvalue weighted by Gasteiger charge is -2.18. The van der Waals surface area contributed by atoms with Crippen LogP contribution in [-0.4, -0.2) is 11.7 Å². The minimum Gasteiger partial charge on any atom is -0.468 e. The van der Waals surface area contributed by atoms with Crippen LogP contribution in [0.5, 0.6) is 0 Å². The summed E-state index contributed by atoms with van der Waals surface area (Å²) in [5, 5.41) is 12.6. The Morgan fingerprint density at radius 2 is 2.18 bits per heavy atom. The molecule has 0 saturated carbocycles. The van der Waals surface area contributed by atoms with Crippen LogP contribution in [0.4, 0.5) is 0 Å². The van der Waals surface area contributed by atoms with E-state index in [2.05, 4.69) is 21.2 Å². The fourth-order valence-electron chi connectivity index (χ4n) is 1.71. The van der Waals surface area contributed by atoms with Gasteiger partial charge < -0.3 is 13.9 Å². The van der Waals surface area contributed by atoms with Gasteiger partial charge in [-0.05, 0) is 41.1 Å². The lowest BCUT2D eigenvalue weighted by atomic mass is 10.2. The van der Waals surface area contributed by atoms with Crippen molar-refractivity contribution in [3.63, 3.8) is 0 Å². The minimum atomic E-state index is -0.239. The number of aliphatic hydroxyl groups excluding tert-OH is 1. The first-order valence-electron chi connectivity index (χ1n) is 5.35. The third-order valence-electron chi connectivity index (χ3n) is 2.56. The van der Waals surface area contributed by atoms with Crippen LogP contribution in [0, 0.1) is 0 Å². The minimum absolute atomic E-state index is 0.0263. The van der Waals surface area contributed by atoms with E-state index < -0.39 is 0 Å². The zero-order chi connectivity index (χ0) is 12.3. The molecule has 2 rings (SSSR count). The highest BCUT2D eigenvalue weighted by Crippen LogP contribution is 2.26. The topological polar surface area (TPSA) is 58.5 Å². The van der Waals surface area contributed by atoms with Gasteiger partial charge in [-0.3, -0.25) is 5.32 Å². The van der Waals surface area contributed by atoms with Crippen LogP contribution < -0.4 is 5.32 Å². The summed E-state index contributed by atoms with van der Waals surface area (Å²) in [6.07, 6.45) is 3.21. The summed E-state index contributed by atoms with van der Waals surface area (Å²) < 4.78 is 11.5. The van der Waals surface area contributed by atoms with E-state index in [0.29, 0.717) is 5.76 Å². The van der Waals surface area contributed by atoms with Gasteiger partial charge in [0.15, 0.2) is 0 Å². The molecule has 0 bridgehead atoms. The first kappa shape index (κ1) is 12.4. The molecule has 2 N–H and O–H groups in total. The predicted octanol–water partition coefficient (Wildman–Crippen LogP) is 3.02. The van der Waals surface area contributed by atoms with E-state index in [9.17, 15) is 5.11 Å². The maximum atomic E-state index is 9.35. The highest BCUT2D eigenvalue weighted by Gasteiger charge is 2.19. The number of rotatable bonds is 5. The van der Waals surface area contributed by atoms with Crippen LogP contribution in [0.2, 0.25) is 0 Å². The van der Waals surface area contributed by atoms with Crippen molar-refractivity contribution in [2.75, 3.05) is 6.61 Å². The largest absolute Gasteiger partial charge is 0.468 e. The molecule has 0 saturated heterocycles. The van der Waals surface area contributed by atoms with E-state index in [1.165, 1.54) is 0 Å². The van der Waals surface area contributed by atoms with Gasteiger partial charge in [0.1, 0.15) is 11.5 Å². The zero-order valence-corrected chi connectivity index (χ0v) is 11.0. The first-order valence-corrected chi connectivity index (χ1v) is 6.15. The molecule has 17 heavy (non-hydrogen) atoms. The summed E-state index contributed by atoms with van der Waals surface area (Å²) in [5.41, 5.74) is 0. The van der Waals surface area contributed by atoms with Crippen LogP contribution in [0.3, 0.4) is 0 Å². The fourth-order valence-corrected chi connectivity index (χ4v) is 2.25. The molecule has 5 heteroatoms. The van der Waals surface area contributed by atoms with Gasteiger partial charge in [0.2, 0.25) is 0 Å². The number of hydrogen-bond donors (Lipinski definition) is 2. The van der Waals surface area contributed by atoms with Gasteiger partial charge in [0.25, 0.3) is 0 Å². The summed E-state index contributed by atoms with van der Waals surface area (Å²) in [6.45, 7) is 1.94. The van der Waals surface area contributed by atoms with Crippen molar-refractivity contribution in [1.29, 1.82) is 0 Å². The predicted molar refractivity (Wildman–Crippen MR) is 66.5 cm³/mol. The molecule has 0 aliphatic heterocycles. The smallest absolute Gasteiger partial charge is 0.134 e. The summed E-state index contributed by atoms with van der Waals surface area (Å²) >= 11 is 3.41. The maximum absolute atomic E-state index is 9.35. The van der Waals surface area contributed by atoms with E-state index in [1.807, 2.05) is 19.1 Å². The molecule has 0 radical (unpaired) electrons. The third kappa shape index (κ3) is 2.80. The Labute approximate surface area is 108 Å². The molecule has 2 heterocycles. The molecule has 0 amide bonds. The lowest BCUT2D eigenvalue weighted by molar-refractivity contribution is 0.212. The molecule has 0 aliphatic carbocycles. The fraction of sp³-hybridized carbons (Fsp3) is 0.333. The molecule has 2 aromatic heterocycles. The molecule has 2 unspecified atom stereocenters. The van der Waals surface area contributed by atoms with Crippen molar-refractivity contribution in [1.82, 2.24) is 5.32 Å². The molecule has 2 atom stereocenters. The second-order valence-corrected chi connectivity index (χ2v) is 4.63. The Bertz CT molecular complexity index is 452. The maximum Gasteiger partial charge on any atom is 0.134 e. The van der Waals surface area contributed by atoms with Crippen molar-refractivity contribution in [3.05, 3.63) is 46.7 Å². The van der Waals surface area contributed by atoms with E-state index in [-0.39, 0.29) is 18.7 Å². The molecule has 2 aromatic rings. The van der Waals surface area contributed by atoms with Crippen LogP contribution in [-0.2, 0) is 0 Å². The number of furan rings is 2. The monoisotopic (exact) mass is 299 g/mol. The number of halogens is 1. The molecule has 0 aliphatic rings. The second kappa shape index (κ2) is 5.53. The van der Waals surface area contributed by atoms with Gasteiger partial charge in [-0.2, -0.15) is 0 Å². The van der Waals surface area contributed by atoms with Crippen LogP contribution in [0.15, 0.2) is 44.0 Å². The molecule has 0 aromatic carbocycles. The highest BCUT2D eigenvalue weighted by atomic mass is 79.9. The number of aliphatic hydroxyl groups is 1. The van der Waals surface area contributed by atoms with Gasteiger partial charge in [-0.25, -0.2) is 0 Å². The van der Waals surface area contributed by atoms with Gasteiger partial charge in [0, 0.05) is 0 Å². The van der Waals surface area contributed by atoms with Crippen LogP contribution in [0.25, 0.3) is 0 Å². The van der Waals surface area contributed by atoms with E-state index >= 15 is 0 Å². The van der Waals surface area contributed by atoms with Crippen molar-refractivity contribution in [3.8, 4) is 0 Å². The number of hydrogen-bond acceptors (Lipinski definition) is 4. The second-order valence-electron chi connectivity index (χ2n) is 3.77. The Morgan fingerprint density at radius 1 is 1.35 bits per heavy atom. The molecule has 0 spiro atoms.